The normalized spacial score (nSPS) is 20.7. The average Bonchev–Trinajstić information content (AvgIpc) is 3.16. The Morgan fingerprint density at radius 1 is 1.12 bits per heavy atom. The maximum absolute atomic E-state index is 12.6. The standard InChI is InChI=1S/C19H25N5O/c1-13-8-21-17(10-20-13)19(25)23-7-6-15(11-23)12-24-14(2)9-22-18(24)16-4-3-5-16/h8-10,15-16H,3-7,11-12H2,1-2H3. The highest BCUT2D eigenvalue weighted by Crippen LogP contribution is 2.36. The number of carbonyl (C=O) groups excluding carboxylic acids is 1. The van der Waals surface area contributed by atoms with Gasteiger partial charge in [-0.1, -0.05) is 6.42 Å². The van der Waals surface area contributed by atoms with Crippen LogP contribution in [0.5, 0.6) is 0 Å². The summed E-state index contributed by atoms with van der Waals surface area (Å²) in [7, 11) is 0. The van der Waals surface area contributed by atoms with E-state index in [2.05, 4.69) is 26.4 Å². The molecule has 1 unspecified atom stereocenters. The van der Waals surface area contributed by atoms with E-state index in [-0.39, 0.29) is 5.91 Å². The Bertz CT molecular complexity index is 763. The van der Waals surface area contributed by atoms with E-state index in [1.807, 2.05) is 18.0 Å². The van der Waals surface area contributed by atoms with Gasteiger partial charge in [0, 0.05) is 43.6 Å². The van der Waals surface area contributed by atoms with Crippen molar-refractivity contribution in [2.45, 2.75) is 52.0 Å². The maximum Gasteiger partial charge on any atom is 0.274 e. The van der Waals surface area contributed by atoms with E-state index in [0.29, 0.717) is 17.5 Å². The third kappa shape index (κ3) is 3.17. The topological polar surface area (TPSA) is 63.9 Å². The molecule has 1 saturated carbocycles. The molecule has 3 heterocycles. The third-order valence-electron chi connectivity index (χ3n) is 5.57. The number of hydrogen-bond acceptors (Lipinski definition) is 4. The summed E-state index contributed by atoms with van der Waals surface area (Å²) in [4.78, 5) is 27.6. The van der Waals surface area contributed by atoms with E-state index in [1.54, 1.807) is 12.4 Å². The van der Waals surface area contributed by atoms with Gasteiger partial charge in [0.15, 0.2) is 0 Å². The Morgan fingerprint density at radius 2 is 1.96 bits per heavy atom. The van der Waals surface area contributed by atoms with Crippen LogP contribution in [0.2, 0.25) is 0 Å². The van der Waals surface area contributed by atoms with Crippen molar-refractivity contribution in [3.63, 3.8) is 0 Å². The lowest BCUT2D eigenvalue weighted by molar-refractivity contribution is 0.0779. The molecule has 25 heavy (non-hydrogen) atoms. The third-order valence-corrected chi connectivity index (χ3v) is 5.57. The molecule has 132 valence electrons. The Hall–Kier alpha value is -2.24. The minimum atomic E-state index is -0.00318. The molecule has 0 aromatic carbocycles. The van der Waals surface area contributed by atoms with Gasteiger partial charge in [-0.25, -0.2) is 9.97 Å². The number of rotatable bonds is 4. The largest absolute Gasteiger partial charge is 0.337 e. The molecule has 4 rings (SSSR count). The maximum atomic E-state index is 12.6. The molecule has 2 aliphatic rings. The van der Waals surface area contributed by atoms with Gasteiger partial charge in [-0.15, -0.1) is 0 Å². The number of carbonyl (C=O) groups is 1. The van der Waals surface area contributed by atoms with Crippen LogP contribution in [-0.4, -0.2) is 43.4 Å². The van der Waals surface area contributed by atoms with Crippen LogP contribution in [0.3, 0.4) is 0 Å². The molecule has 0 radical (unpaired) electrons. The molecule has 2 fully saturated rings. The zero-order chi connectivity index (χ0) is 17.4. The van der Waals surface area contributed by atoms with E-state index >= 15 is 0 Å². The fraction of sp³-hybridized carbons (Fsp3) is 0.579. The van der Waals surface area contributed by atoms with E-state index in [4.69, 9.17) is 0 Å². The molecule has 1 amide bonds. The first-order valence-electron chi connectivity index (χ1n) is 9.21. The monoisotopic (exact) mass is 339 g/mol. The lowest BCUT2D eigenvalue weighted by Gasteiger charge is -2.27. The summed E-state index contributed by atoms with van der Waals surface area (Å²) >= 11 is 0. The minimum Gasteiger partial charge on any atom is -0.337 e. The van der Waals surface area contributed by atoms with Gasteiger partial charge >= 0.3 is 0 Å². The number of imidazole rings is 1. The van der Waals surface area contributed by atoms with Gasteiger partial charge in [0.2, 0.25) is 0 Å². The van der Waals surface area contributed by atoms with Crippen molar-refractivity contribution in [1.29, 1.82) is 0 Å². The summed E-state index contributed by atoms with van der Waals surface area (Å²) in [5.74, 6) is 2.36. The molecule has 1 aliphatic heterocycles. The summed E-state index contributed by atoms with van der Waals surface area (Å²) in [5.41, 5.74) is 2.51. The van der Waals surface area contributed by atoms with Gasteiger partial charge < -0.3 is 9.47 Å². The summed E-state index contributed by atoms with van der Waals surface area (Å²) in [6, 6.07) is 0. The first kappa shape index (κ1) is 16.2. The zero-order valence-corrected chi connectivity index (χ0v) is 15.0. The summed E-state index contributed by atoms with van der Waals surface area (Å²) in [6.07, 6.45) is 10.1. The van der Waals surface area contributed by atoms with E-state index < -0.39 is 0 Å². The number of aromatic nitrogens is 4. The first-order valence-corrected chi connectivity index (χ1v) is 9.21. The van der Waals surface area contributed by atoms with Crippen LogP contribution in [0.25, 0.3) is 0 Å². The summed E-state index contributed by atoms with van der Waals surface area (Å²) < 4.78 is 2.38. The van der Waals surface area contributed by atoms with Gasteiger partial charge in [0.1, 0.15) is 11.5 Å². The number of likely N-dealkylation sites (tertiary alicyclic amines) is 1. The Labute approximate surface area is 148 Å². The molecule has 2 aromatic heterocycles. The quantitative estimate of drug-likeness (QED) is 0.859. The second-order valence-corrected chi connectivity index (χ2v) is 7.45. The fourth-order valence-corrected chi connectivity index (χ4v) is 3.80. The Balaban J connectivity index is 1.42. The number of hydrogen-bond donors (Lipinski definition) is 0. The lowest BCUT2D eigenvalue weighted by atomic mass is 9.84. The lowest BCUT2D eigenvalue weighted by Crippen LogP contribution is -2.30. The smallest absolute Gasteiger partial charge is 0.274 e. The molecular weight excluding hydrogens is 314 g/mol. The highest BCUT2D eigenvalue weighted by atomic mass is 16.2. The molecule has 2 aromatic rings. The van der Waals surface area contributed by atoms with Crippen LogP contribution in [0.1, 0.15) is 59.3 Å². The van der Waals surface area contributed by atoms with Crippen LogP contribution in [-0.2, 0) is 6.54 Å². The van der Waals surface area contributed by atoms with E-state index in [0.717, 1.165) is 31.7 Å². The van der Waals surface area contributed by atoms with Crippen molar-refractivity contribution < 1.29 is 4.79 Å². The highest BCUT2D eigenvalue weighted by molar-refractivity contribution is 5.92. The average molecular weight is 339 g/mol. The molecular formula is C19H25N5O. The zero-order valence-electron chi connectivity index (χ0n) is 15.0. The molecule has 6 heteroatoms. The van der Waals surface area contributed by atoms with Crippen molar-refractivity contribution in [1.82, 2.24) is 24.4 Å². The molecule has 1 aliphatic carbocycles. The van der Waals surface area contributed by atoms with E-state index in [9.17, 15) is 4.79 Å². The van der Waals surface area contributed by atoms with Gasteiger partial charge in [-0.2, -0.15) is 0 Å². The highest BCUT2D eigenvalue weighted by Gasteiger charge is 2.30. The minimum absolute atomic E-state index is 0.00318. The molecule has 0 N–H and O–H groups in total. The van der Waals surface area contributed by atoms with Crippen molar-refractivity contribution in [2.75, 3.05) is 13.1 Å². The molecule has 0 spiro atoms. The van der Waals surface area contributed by atoms with Crippen LogP contribution < -0.4 is 0 Å². The number of amides is 1. The van der Waals surface area contributed by atoms with Gasteiger partial charge in [-0.05, 0) is 39.0 Å². The fourth-order valence-electron chi connectivity index (χ4n) is 3.80. The number of nitrogens with zero attached hydrogens (tertiary/aromatic N) is 5. The summed E-state index contributed by atoms with van der Waals surface area (Å²) in [5, 5.41) is 0. The Morgan fingerprint density at radius 3 is 2.64 bits per heavy atom. The van der Waals surface area contributed by atoms with Gasteiger partial charge in [-0.3, -0.25) is 9.78 Å². The second-order valence-electron chi connectivity index (χ2n) is 7.45. The Kier molecular flexibility index (Phi) is 4.27. The first-order chi connectivity index (χ1) is 12.1. The van der Waals surface area contributed by atoms with Crippen molar-refractivity contribution >= 4 is 5.91 Å². The number of aryl methyl sites for hydroxylation is 2. The molecule has 6 nitrogen and oxygen atoms in total. The molecule has 0 bridgehead atoms. The van der Waals surface area contributed by atoms with Crippen LogP contribution in [0.15, 0.2) is 18.6 Å². The molecule has 1 saturated heterocycles. The van der Waals surface area contributed by atoms with Gasteiger partial charge in [0.05, 0.1) is 11.9 Å². The van der Waals surface area contributed by atoms with Gasteiger partial charge in [0.25, 0.3) is 5.91 Å². The summed E-state index contributed by atoms with van der Waals surface area (Å²) in [6.45, 7) is 6.55. The predicted molar refractivity (Wildman–Crippen MR) is 94.3 cm³/mol. The SMILES string of the molecule is Cc1cnc(C(=O)N2CCC(Cn3c(C)cnc3C3CCC3)C2)cn1. The van der Waals surface area contributed by atoms with Crippen LogP contribution in [0.4, 0.5) is 0 Å². The van der Waals surface area contributed by atoms with Crippen molar-refractivity contribution in [3.05, 3.63) is 41.5 Å². The predicted octanol–water partition coefficient (Wildman–Crippen LogP) is 2.72. The van der Waals surface area contributed by atoms with E-state index in [1.165, 1.54) is 30.8 Å². The van der Waals surface area contributed by atoms with Crippen molar-refractivity contribution in [2.24, 2.45) is 5.92 Å². The van der Waals surface area contributed by atoms with Crippen molar-refractivity contribution in [3.8, 4) is 0 Å². The molecule has 1 atom stereocenters. The van der Waals surface area contributed by atoms with Crippen LogP contribution >= 0.6 is 0 Å². The second kappa shape index (κ2) is 6.58. The van der Waals surface area contributed by atoms with Crippen LogP contribution in [0, 0.1) is 19.8 Å².